The topological polar surface area (TPSA) is 54.0 Å². The monoisotopic (exact) mass is 454 g/mol. The summed E-state index contributed by atoms with van der Waals surface area (Å²) in [5.41, 5.74) is 0.997. The van der Waals surface area contributed by atoms with Gasteiger partial charge in [0, 0.05) is 12.8 Å². The first-order valence-corrected chi connectivity index (χ1v) is 10.4. The Balaban J connectivity index is 2.06. The predicted octanol–water partition coefficient (Wildman–Crippen LogP) is 5.23. The Bertz CT molecular complexity index is 863. The number of methoxy groups -OCH3 is 1. The molecule has 0 radical (unpaired) electrons. The average molecular weight is 454 g/mol. The minimum absolute atomic E-state index is 0.140. The van der Waals surface area contributed by atoms with Crippen molar-refractivity contribution < 1.29 is 36.9 Å². The fraction of sp³-hybridized carbons (Fsp3) is 0.458. The highest BCUT2D eigenvalue weighted by molar-refractivity contribution is 5.75. The van der Waals surface area contributed by atoms with Gasteiger partial charge in [0.25, 0.3) is 0 Å². The first-order chi connectivity index (χ1) is 15.1. The Hall–Kier alpha value is -2.74. The number of carbonyl (C=O) groups is 1. The molecule has 32 heavy (non-hydrogen) atoms. The van der Waals surface area contributed by atoms with Crippen LogP contribution >= 0.6 is 0 Å². The quantitative estimate of drug-likeness (QED) is 0.435. The lowest BCUT2D eigenvalue weighted by Gasteiger charge is -2.20. The van der Waals surface area contributed by atoms with Gasteiger partial charge in [0.05, 0.1) is 32.0 Å². The molecule has 0 saturated carbocycles. The maximum absolute atomic E-state index is 12.7. The lowest BCUT2D eigenvalue weighted by Crippen LogP contribution is -2.31. The van der Waals surface area contributed by atoms with Crippen molar-refractivity contribution in [1.29, 1.82) is 0 Å². The van der Waals surface area contributed by atoms with E-state index in [4.69, 9.17) is 18.9 Å². The molecule has 176 valence electrons. The molecule has 0 aliphatic carbocycles. The molecule has 0 heterocycles. The molecule has 2 aromatic carbocycles. The number of alkyl halides is 3. The Morgan fingerprint density at radius 1 is 1.06 bits per heavy atom. The second-order valence-corrected chi connectivity index (χ2v) is 7.40. The van der Waals surface area contributed by atoms with Crippen molar-refractivity contribution >= 4 is 5.97 Å². The highest BCUT2D eigenvalue weighted by Gasteiger charge is 2.30. The molecular formula is C24H29F3O5. The van der Waals surface area contributed by atoms with Gasteiger partial charge in [-0.3, -0.25) is 0 Å². The first kappa shape index (κ1) is 25.5. The highest BCUT2D eigenvalue weighted by Crippen LogP contribution is 2.30. The third kappa shape index (κ3) is 7.75. The van der Waals surface area contributed by atoms with E-state index in [0.29, 0.717) is 24.3 Å². The second-order valence-electron chi connectivity index (χ2n) is 7.40. The fourth-order valence-corrected chi connectivity index (χ4v) is 3.14. The van der Waals surface area contributed by atoms with E-state index >= 15 is 0 Å². The molecular weight excluding hydrogens is 425 g/mol. The van der Waals surface area contributed by atoms with E-state index < -0.39 is 23.8 Å². The number of hydrogen-bond acceptors (Lipinski definition) is 5. The van der Waals surface area contributed by atoms with Crippen LogP contribution in [0.3, 0.4) is 0 Å². The van der Waals surface area contributed by atoms with Gasteiger partial charge in [-0.25, -0.2) is 4.79 Å². The maximum Gasteiger partial charge on any atom is 0.416 e. The van der Waals surface area contributed by atoms with Crippen molar-refractivity contribution in [2.75, 3.05) is 20.3 Å². The van der Waals surface area contributed by atoms with Gasteiger partial charge in [0.1, 0.15) is 11.5 Å². The summed E-state index contributed by atoms with van der Waals surface area (Å²) < 4.78 is 59.9. The zero-order valence-electron chi connectivity index (χ0n) is 18.7. The van der Waals surface area contributed by atoms with Crippen LogP contribution in [0.15, 0.2) is 42.5 Å². The lowest BCUT2D eigenvalue weighted by atomic mass is 10.0. The molecule has 2 rings (SSSR count). The zero-order chi connectivity index (χ0) is 23.7. The van der Waals surface area contributed by atoms with Gasteiger partial charge in [-0.15, -0.1) is 0 Å². The number of rotatable bonds is 11. The molecule has 5 nitrogen and oxygen atoms in total. The zero-order valence-corrected chi connectivity index (χ0v) is 18.7. The van der Waals surface area contributed by atoms with E-state index in [-0.39, 0.29) is 19.3 Å². The van der Waals surface area contributed by atoms with Crippen LogP contribution in [0.2, 0.25) is 0 Å². The van der Waals surface area contributed by atoms with Crippen LogP contribution in [0.4, 0.5) is 13.2 Å². The Morgan fingerprint density at radius 3 is 2.31 bits per heavy atom. The molecule has 0 fully saturated rings. The van der Waals surface area contributed by atoms with E-state index in [2.05, 4.69) is 0 Å². The molecule has 0 bridgehead atoms. The predicted molar refractivity (Wildman–Crippen MR) is 114 cm³/mol. The van der Waals surface area contributed by atoms with Crippen LogP contribution in [0.5, 0.6) is 11.5 Å². The largest absolute Gasteiger partial charge is 0.496 e. The summed E-state index contributed by atoms with van der Waals surface area (Å²) in [5.74, 6) is 0.590. The summed E-state index contributed by atoms with van der Waals surface area (Å²) in [6.07, 6.45) is -4.44. The van der Waals surface area contributed by atoms with Crippen LogP contribution < -0.4 is 9.47 Å². The van der Waals surface area contributed by atoms with Gasteiger partial charge in [-0.05, 0) is 62.2 Å². The van der Waals surface area contributed by atoms with E-state index in [0.717, 1.165) is 23.3 Å². The minimum Gasteiger partial charge on any atom is -0.496 e. The summed E-state index contributed by atoms with van der Waals surface area (Å²) in [6, 6.07) is 10.1. The van der Waals surface area contributed by atoms with Gasteiger partial charge in [-0.2, -0.15) is 13.2 Å². The van der Waals surface area contributed by atoms with Crippen molar-refractivity contribution in [1.82, 2.24) is 0 Å². The van der Waals surface area contributed by atoms with E-state index in [1.165, 1.54) is 12.1 Å². The molecule has 0 spiro atoms. The molecule has 0 aliphatic heterocycles. The van der Waals surface area contributed by atoms with Crippen molar-refractivity contribution in [3.63, 3.8) is 0 Å². The molecule has 0 aromatic heterocycles. The molecule has 1 atom stereocenters. The normalized spacial score (nSPS) is 12.5. The number of ether oxygens (including phenoxy) is 4. The van der Waals surface area contributed by atoms with Crippen molar-refractivity contribution in [3.8, 4) is 11.5 Å². The van der Waals surface area contributed by atoms with Crippen molar-refractivity contribution in [2.24, 2.45) is 0 Å². The van der Waals surface area contributed by atoms with Crippen molar-refractivity contribution in [2.45, 2.75) is 52.0 Å². The molecule has 0 amide bonds. The summed E-state index contributed by atoms with van der Waals surface area (Å²) in [6.45, 7) is 5.96. The van der Waals surface area contributed by atoms with Gasteiger partial charge in [0.15, 0.2) is 6.10 Å². The van der Waals surface area contributed by atoms with Gasteiger partial charge in [-0.1, -0.05) is 12.1 Å². The van der Waals surface area contributed by atoms with Gasteiger partial charge < -0.3 is 18.9 Å². The van der Waals surface area contributed by atoms with Crippen LogP contribution in [-0.2, 0) is 33.3 Å². The lowest BCUT2D eigenvalue weighted by molar-refractivity contribution is -0.159. The molecule has 0 N–H and O–H groups in total. The maximum atomic E-state index is 12.7. The fourth-order valence-electron chi connectivity index (χ4n) is 3.14. The second kappa shape index (κ2) is 11.8. The van der Waals surface area contributed by atoms with Crippen LogP contribution in [0.1, 0.15) is 37.5 Å². The van der Waals surface area contributed by atoms with Crippen LogP contribution in [0, 0.1) is 0 Å². The summed E-state index contributed by atoms with van der Waals surface area (Å²) in [5, 5.41) is 0. The van der Waals surface area contributed by atoms with E-state index in [9.17, 15) is 18.0 Å². The van der Waals surface area contributed by atoms with Crippen LogP contribution in [0.25, 0.3) is 0 Å². The summed E-state index contributed by atoms with van der Waals surface area (Å²) >= 11 is 0. The molecule has 0 saturated heterocycles. The standard InChI is InChI=1S/C24H29F3O5/c1-5-30-23(28)22(32-16(2)3)15-17-6-11-21(29-4)18(14-17)12-13-31-20-9-7-19(8-10-20)24(25,26)27/h6-11,14,16,22H,5,12-13,15H2,1-4H3. The van der Waals surface area contributed by atoms with Crippen molar-refractivity contribution in [3.05, 3.63) is 59.2 Å². The molecule has 8 heteroatoms. The number of halogens is 3. The number of carbonyl (C=O) groups excluding carboxylic acids is 1. The third-order valence-corrected chi connectivity index (χ3v) is 4.57. The van der Waals surface area contributed by atoms with E-state index in [1.807, 2.05) is 26.0 Å². The third-order valence-electron chi connectivity index (χ3n) is 4.57. The van der Waals surface area contributed by atoms with Gasteiger partial charge in [0.2, 0.25) is 0 Å². The Morgan fingerprint density at radius 2 is 1.75 bits per heavy atom. The van der Waals surface area contributed by atoms with Crippen LogP contribution in [-0.4, -0.2) is 38.5 Å². The molecule has 1 unspecified atom stereocenters. The smallest absolute Gasteiger partial charge is 0.416 e. The summed E-state index contributed by atoms with van der Waals surface area (Å²) in [4.78, 5) is 12.2. The average Bonchev–Trinajstić information content (AvgIpc) is 2.73. The SMILES string of the molecule is CCOC(=O)C(Cc1ccc(OC)c(CCOc2ccc(C(F)(F)F)cc2)c1)OC(C)C. The van der Waals surface area contributed by atoms with E-state index in [1.54, 1.807) is 20.1 Å². The minimum atomic E-state index is -4.38. The summed E-state index contributed by atoms with van der Waals surface area (Å²) in [7, 11) is 1.55. The van der Waals surface area contributed by atoms with Gasteiger partial charge >= 0.3 is 12.1 Å². The molecule has 0 aliphatic rings. The number of benzene rings is 2. The number of esters is 1. The Labute approximate surface area is 186 Å². The molecule has 2 aromatic rings. The Kier molecular flexibility index (Phi) is 9.38. The highest BCUT2D eigenvalue weighted by atomic mass is 19.4. The first-order valence-electron chi connectivity index (χ1n) is 10.4. The number of hydrogen-bond donors (Lipinski definition) is 0.